The molecule has 5 rings (SSSR count). The van der Waals surface area contributed by atoms with Crippen LogP contribution in [0, 0.1) is 0 Å². The number of anilines is 1. The van der Waals surface area contributed by atoms with Gasteiger partial charge in [0.2, 0.25) is 0 Å². The number of aromatic hydroxyl groups is 1. The lowest BCUT2D eigenvalue weighted by Gasteiger charge is -2.18. The largest absolute Gasteiger partial charge is 0.508 e. The van der Waals surface area contributed by atoms with Crippen LogP contribution in [0.5, 0.6) is 17.2 Å². The maximum absolute atomic E-state index is 14.1. The van der Waals surface area contributed by atoms with E-state index in [0.717, 1.165) is 51.4 Å². The number of phenolic OH excluding ortho intramolecular Hbond substituents is 1. The number of rotatable bonds is 9. The number of nitrogens with zero attached hydrogens (tertiary/aromatic N) is 1. The highest BCUT2D eigenvalue weighted by molar-refractivity contribution is 6.38. The fraction of sp³-hybridized carbons (Fsp3) is 0.156. The zero-order valence-corrected chi connectivity index (χ0v) is 21.3. The van der Waals surface area contributed by atoms with Gasteiger partial charge in [-0.05, 0) is 72.1 Å². The predicted octanol–water partition coefficient (Wildman–Crippen LogP) is 5.63. The van der Waals surface area contributed by atoms with Gasteiger partial charge in [-0.15, -0.1) is 0 Å². The third-order valence-corrected chi connectivity index (χ3v) is 6.59. The summed E-state index contributed by atoms with van der Waals surface area (Å²) in [5.41, 5.74) is 11.5. The SMILES string of the molecule is COc1ccc(CN2C(=O)/C(=C(/c3ccc(O)cc3)c3ccc(OCCCN)cc3)c3ccccc32)cc1. The molecule has 3 N–H and O–H groups in total. The van der Waals surface area contributed by atoms with Gasteiger partial charge < -0.3 is 25.2 Å². The standard InChI is InChI=1S/C32H30N2O4/c1-37-26-15-7-22(8-16-26)21-34-29-6-3-2-5-28(29)31(32(34)36)30(23-9-13-25(35)14-10-23)24-11-17-27(18-12-24)38-20-4-19-33/h2-3,5-18,35H,4,19-21,33H2,1H3/b31-30-. The number of benzene rings is 4. The van der Waals surface area contributed by atoms with E-state index in [2.05, 4.69) is 0 Å². The molecule has 0 spiro atoms. The highest BCUT2D eigenvalue weighted by Gasteiger charge is 2.35. The van der Waals surface area contributed by atoms with E-state index in [1.165, 1.54) is 0 Å². The summed E-state index contributed by atoms with van der Waals surface area (Å²) >= 11 is 0. The molecule has 1 amide bonds. The van der Waals surface area contributed by atoms with Crippen molar-refractivity contribution in [3.63, 3.8) is 0 Å². The molecule has 0 radical (unpaired) electrons. The van der Waals surface area contributed by atoms with Crippen LogP contribution in [0.3, 0.4) is 0 Å². The molecular formula is C32H30N2O4. The Labute approximate surface area is 222 Å². The maximum Gasteiger partial charge on any atom is 0.259 e. The van der Waals surface area contributed by atoms with E-state index in [4.69, 9.17) is 15.2 Å². The lowest BCUT2D eigenvalue weighted by Crippen LogP contribution is -2.26. The number of phenols is 1. The van der Waals surface area contributed by atoms with E-state index in [0.29, 0.717) is 25.3 Å². The first kappa shape index (κ1) is 25.1. The van der Waals surface area contributed by atoms with Crippen LogP contribution in [-0.4, -0.2) is 31.3 Å². The van der Waals surface area contributed by atoms with Crippen molar-refractivity contribution in [2.75, 3.05) is 25.2 Å². The first-order chi connectivity index (χ1) is 18.6. The van der Waals surface area contributed by atoms with Gasteiger partial charge in [0, 0.05) is 11.1 Å². The van der Waals surface area contributed by atoms with Crippen molar-refractivity contribution in [1.29, 1.82) is 0 Å². The second-order valence-corrected chi connectivity index (χ2v) is 9.07. The molecule has 0 bridgehead atoms. The van der Waals surface area contributed by atoms with E-state index in [-0.39, 0.29) is 11.7 Å². The number of hydrogen-bond donors (Lipinski definition) is 2. The van der Waals surface area contributed by atoms with Crippen LogP contribution in [0.2, 0.25) is 0 Å². The Hall–Kier alpha value is -4.55. The van der Waals surface area contributed by atoms with Crippen molar-refractivity contribution in [3.8, 4) is 17.2 Å². The molecule has 0 saturated carbocycles. The van der Waals surface area contributed by atoms with Gasteiger partial charge in [0.1, 0.15) is 17.2 Å². The average Bonchev–Trinajstić information content (AvgIpc) is 3.22. The number of carbonyl (C=O) groups excluding carboxylic acids is 1. The Bertz CT molecular complexity index is 1440. The molecule has 1 aliphatic heterocycles. The maximum atomic E-state index is 14.1. The topological polar surface area (TPSA) is 85.0 Å². The lowest BCUT2D eigenvalue weighted by molar-refractivity contribution is -0.113. The Morgan fingerprint density at radius 3 is 2.13 bits per heavy atom. The molecule has 0 atom stereocenters. The van der Waals surface area contributed by atoms with Gasteiger partial charge in [-0.1, -0.05) is 54.6 Å². The minimum absolute atomic E-state index is 0.0756. The highest BCUT2D eigenvalue weighted by atomic mass is 16.5. The molecule has 6 heteroatoms. The van der Waals surface area contributed by atoms with Crippen molar-refractivity contribution < 1.29 is 19.4 Å². The summed E-state index contributed by atoms with van der Waals surface area (Å²) in [5.74, 6) is 1.61. The predicted molar refractivity (Wildman–Crippen MR) is 150 cm³/mol. The van der Waals surface area contributed by atoms with Crippen molar-refractivity contribution in [1.82, 2.24) is 0 Å². The van der Waals surface area contributed by atoms with E-state index < -0.39 is 0 Å². The van der Waals surface area contributed by atoms with Crippen molar-refractivity contribution in [3.05, 3.63) is 119 Å². The van der Waals surface area contributed by atoms with Crippen molar-refractivity contribution in [2.45, 2.75) is 13.0 Å². The molecule has 192 valence electrons. The number of nitrogens with two attached hydrogens (primary N) is 1. The number of fused-ring (bicyclic) bond motifs is 1. The monoisotopic (exact) mass is 506 g/mol. The normalized spacial score (nSPS) is 13.8. The van der Waals surface area contributed by atoms with Gasteiger partial charge in [0.15, 0.2) is 0 Å². The zero-order chi connectivity index (χ0) is 26.5. The molecule has 0 saturated heterocycles. The van der Waals surface area contributed by atoms with Gasteiger partial charge >= 0.3 is 0 Å². The Balaban J connectivity index is 1.61. The number of ether oxygens (including phenoxy) is 2. The summed E-state index contributed by atoms with van der Waals surface area (Å²) in [6, 6.07) is 30.3. The van der Waals surface area contributed by atoms with E-state index in [9.17, 15) is 9.90 Å². The quantitative estimate of drug-likeness (QED) is 0.227. The number of carbonyl (C=O) groups is 1. The minimum Gasteiger partial charge on any atom is -0.508 e. The van der Waals surface area contributed by atoms with Gasteiger partial charge in [0.25, 0.3) is 5.91 Å². The van der Waals surface area contributed by atoms with Crippen LogP contribution in [-0.2, 0) is 11.3 Å². The summed E-state index contributed by atoms with van der Waals surface area (Å²) in [4.78, 5) is 16.0. The number of para-hydroxylation sites is 1. The molecule has 1 aliphatic rings. The van der Waals surface area contributed by atoms with Gasteiger partial charge in [-0.25, -0.2) is 0 Å². The third kappa shape index (κ3) is 5.12. The first-order valence-electron chi connectivity index (χ1n) is 12.6. The molecule has 0 aromatic heterocycles. The van der Waals surface area contributed by atoms with Crippen LogP contribution in [0.1, 0.15) is 28.7 Å². The Morgan fingerprint density at radius 1 is 0.842 bits per heavy atom. The summed E-state index contributed by atoms with van der Waals surface area (Å²) < 4.78 is 11.1. The van der Waals surface area contributed by atoms with E-state index in [1.54, 1.807) is 19.2 Å². The third-order valence-electron chi connectivity index (χ3n) is 6.59. The van der Waals surface area contributed by atoms with E-state index >= 15 is 0 Å². The molecule has 4 aromatic rings. The molecular weight excluding hydrogens is 476 g/mol. The van der Waals surface area contributed by atoms with Gasteiger partial charge in [-0.2, -0.15) is 0 Å². The molecule has 0 unspecified atom stereocenters. The van der Waals surface area contributed by atoms with Crippen LogP contribution in [0.25, 0.3) is 11.1 Å². The minimum atomic E-state index is -0.0756. The second kappa shape index (κ2) is 11.2. The van der Waals surface area contributed by atoms with Crippen molar-refractivity contribution in [2.24, 2.45) is 5.73 Å². The van der Waals surface area contributed by atoms with Crippen molar-refractivity contribution >= 4 is 22.7 Å². The number of amides is 1. The summed E-state index contributed by atoms with van der Waals surface area (Å²) in [6.07, 6.45) is 0.778. The van der Waals surface area contributed by atoms with E-state index in [1.807, 2.05) is 89.8 Å². The lowest BCUT2D eigenvalue weighted by atomic mass is 9.90. The molecule has 0 fully saturated rings. The number of methoxy groups -OCH3 is 1. The fourth-order valence-electron chi connectivity index (χ4n) is 4.67. The Kier molecular flexibility index (Phi) is 7.43. The molecule has 0 aliphatic carbocycles. The molecule has 38 heavy (non-hydrogen) atoms. The smallest absolute Gasteiger partial charge is 0.259 e. The van der Waals surface area contributed by atoms with Crippen LogP contribution < -0.4 is 20.1 Å². The number of hydrogen-bond acceptors (Lipinski definition) is 5. The summed E-state index contributed by atoms with van der Waals surface area (Å²) in [6.45, 7) is 1.55. The van der Waals surface area contributed by atoms with Gasteiger partial charge in [0.05, 0.1) is 31.5 Å². The van der Waals surface area contributed by atoms with Crippen LogP contribution in [0.4, 0.5) is 5.69 Å². The van der Waals surface area contributed by atoms with Gasteiger partial charge in [-0.3, -0.25) is 4.79 Å². The molecule has 4 aromatic carbocycles. The molecule has 6 nitrogen and oxygen atoms in total. The van der Waals surface area contributed by atoms with Crippen LogP contribution >= 0.6 is 0 Å². The second-order valence-electron chi connectivity index (χ2n) is 9.07. The first-order valence-corrected chi connectivity index (χ1v) is 12.6. The summed E-state index contributed by atoms with van der Waals surface area (Å²) in [5, 5.41) is 9.94. The average molecular weight is 507 g/mol. The molecule has 1 heterocycles. The highest BCUT2D eigenvalue weighted by Crippen LogP contribution is 2.44. The fourth-order valence-corrected chi connectivity index (χ4v) is 4.67. The summed E-state index contributed by atoms with van der Waals surface area (Å²) in [7, 11) is 1.63. The van der Waals surface area contributed by atoms with Crippen LogP contribution in [0.15, 0.2) is 97.1 Å². The zero-order valence-electron chi connectivity index (χ0n) is 21.3. The Morgan fingerprint density at radius 2 is 1.47 bits per heavy atom.